The standard InChI is InChI=1S/C54H36N2S/c1-4-17-37(18-5-1)39-31-33-43(38-19-6-2-7-20-38)51(36-39)56(47-26-13-10-23-42(47)40-32-34-53-46(35-40)44-24-12-15-30-52(44)57-53)50-29-16-28-49-54(50)45-25-11-14-27-48(45)55(49)41-21-8-3-9-22-41/h1-36H. The Balaban J connectivity index is 1.25. The van der Waals surface area contributed by atoms with Crippen molar-refractivity contribution in [3.05, 3.63) is 218 Å². The number of aromatic nitrogens is 1. The highest BCUT2D eigenvalue weighted by Crippen LogP contribution is 2.50. The van der Waals surface area contributed by atoms with Crippen LogP contribution >= 0.6 is 11.3 Å². The summed E-state index contributed by atoms with van der Waals surface area (Å²) in [6, 6.07) is 79.6. The molecule has 0 saturated heterocycles. The SMILES string of the molecule is c1ccc(-c2ccc(-c3ccccc3)c(N(c3ccccc3-c3ccc4sc5ccccc5c4c3)c3cccc4c3c3ccccc3n4-c3ccccc3)c2)cc1. The zero-order valence-electron chi connectivity index (χ0n) is 31.1. The molecular weight excluding hydrogens is 709 g/mol. The molecule has 0 N–H and O–H groups in total. The Labute approximate surface area is 335 Å². The van der Waals surface area contributed by atoms with Crippen molar-refractivity contribution in [1.29, 1.82) is 0 Å². The zero-order valence-corrected chi connectivity index (χ0v) is 31.9. The molecule has 0 atom stereocenters. The number of thiophene rings is 1. The van der Waals surface area contributed by atoms with Gasteiger partial charge >= 0.3 is 0 Å². The maximum Gasteiger partial charge on any atom is 0.0562 e. The predicted molar refractivity (Wildman–Crippen MR) is 245 cm³/mol. The summed E-state index contributed by atoms with van der Waals surface area (Å²) in [5, 5.41) is 5.00. The van der Waals surface area contributed by atoms with Crippen LogP contribution in [-0.2, 0) is 0 Å². The van der Waals surface area contributed by atoms with E-state index in [4.69, 9.17) is 0 Å². The van der Waals surface area contributed by atoms with Crippen molar-refractivity contribution < 1.29 is 0 Å². The van der Waals surface area contributed by atoms with E-state index in [1.807, 2.05) is 11.3 Å². The van der Waals surface area contributed by atoms with E-state index in [2.05, 4.69) is 228 Å². The Bertz CT molecular complexity index is 3230. The maximum absolute atomic E-state index is 2.53. The van der Waals surface area contributed by atoms with Gasteiger partial charge in [-0.2, -0.15) is 0 Å². The monoisotopic (exact) mass is 744 g/mol. The first-order valence-corrected chi connectivity index (χ1v) is 20.3. The van der Waals surface area contributed by atoms with Gasteiger partial charge in [-0.25, -0.2) is 0 Å². The number of hydrogen-bond donors (Lipinski definition) is 0. The van der Waals surface area contributed by atoms with Gasteiger partial charge < -0.3 is 9.47 Å². The Morgan fingerprint density at radius 1 is 0.333 bits per heavy atom. The lowest BCUT2D eigenvalue weighted by molar-refractivity contribution is 1.18. The van der Waals surface area contributed by atoms with E-state index in [0.29, 0.717) is 0 Å². The van der Waals surface area contributed by atoms with Crippen molar-refractivity contribution in [2.75, 3.05) is 4.90 Å². The van der Waals surface area contributed by atoms with E-state index in [1.165, 1.54) is 58.7 Å². The second kappa shape index (κ2) is 13.8. The Kier molecular flexibility index (Phi) is 8.04. The topological polar surface area (TPSA) is 8.17 Å². The van der Waals surface area contributed by atoms with Crippen LogP contribution in [-0.4, -0.2) is 4.57 Å². The average molecular weight is 745 g/mol. The number of nitrogens with zero attached hydrogens (tertiary/aromatic N) is 2. The van der Waals surface area contributed by atoms with Crippen LogP contribution < -0.4 is 4.90 Å². The highest BCUT2D eigenvalue weighted by atomic mass is 32.1. The van der Waals surface area contributed by atoms with Gasteiger partial charge in [-0.3, -0.25) is 0 Å². The quantitative estimate of drug-likeness (QED) is 0.158. The normalized spacial score (nSPS) is 11.5. The molecule has 11 rings (SSSR count). The first-order valence-electron chi connectivity index (χ1n) is 19.4. The van der Waals surface area contributed by atoms with Crippen molar-refractivity contribution in [3.8, 4) is 39.1 Å². The molecule has 0 spiro atoms. The molecule has 0 unspecified atom stereocenters. The van der Waals surface area contributed by atoms with Crippen LogP contribution in [0, 0.1) is 0 Å². The van der Waals surface area contributed by atoms with Gasteiger partial charge in [0.2, 0.25) is 0 Å². The molecular formula is C54H36N2S. The molecule has 0 aliphatic heterocycles. The molecule has 0 amide bonds. The second-order valence-electron chi connectivity index (χ2n) is 14.5. The van der Waals surface area contributed by atoms with Gasteiger partial charge in [-0.05, 0) is 82.9 Å². The zero-order chi connectivity index (χ0) is 37.7. The third-order valence-corrected chi connectivity index (χ3v) is 12.3. The van der Waals surface area contributed by atoms with Crippen LogP contribution in [0.5, 0.6) is 0 Å². The number of para-hydroxylation sites is 3. The molecule has 0 fully saturated rings. The molecule has 57 heavy (non-hydrogen) atoms. The lowest BCUT2D eigenvalue weighted by atomic mass is 9.95. The van der Waals surface area contributed by atoms with Crippen molar-refractivity contribution >= 4 is 70.4 Å². The number of benzene rings is 9. The van der Waals surface area contributed by atoms with Crippen molar-refractivity contribution in [1.82, 2.24) is 4.57 Å². The van der Waals surface area contributed by atoms with Crippen LogP contribution in [0.4, 0.5) is 17.1 Å². The molecule has 3 heteroatoms. The first-order chi connectivity index (χ1) is 28.3. The summed E-state index contributed by atoms with van der Waals surface area (Å²) in [7, 11) is 0. The van der Waals surface area contributed by atoms with E-state index in [-0.39, 0.29) is 0 Å². The van der Waals surface area contributed by atoms with E-state index in [9.17, 15) is 0 Å². The predicted octanol–water partition coefficient (Wildman–Crippen LogP) is 15.6. The number of fused-ring (bicyclic) bond motifs is 6. The van der Waals surface area contributed by atoms with Gasteiger partial charge in [-0.15, -0.1) is 11.3 Å². The fourth-order valence-electron chi connectivity index (χ4n) is 8.63. The number of rotatable bonds is 7. The van der Waals surface area contributed by atoms with Crippen molar-refractivity contribution in [3.63, 3.8) is 0 Å². The van der Waals surface area contributed by atoms with Gasteiger partial charge in [0.15, 0.2) is 0 Å². The molecule has 11 aromatic rings. The van der Waals surface area contributed by atoms with Crippen LogP contribution in [0.1, 0.15) is 0 Å². The largest absolute Gasteiger partial charge is 0.309 e. The fourth-order valence-corrected chi connectivity index (χ4v) is 9.71. The van der Waals surface area contributed by atoms with Crippen LogP contribution in [0.25, 0.3) is 81.0 Å². The van der Waals surface area contributed by atoms with E-state index >= 15 is 0 Å². The van der Waals surface area contributed by atoms with Gasteiger partial charge in [-0.1, -0.05) is 158 Å². The van der Waals surface area contributed by atoms with Gasteiger partial charge in [0.25, 0.3) is 0 Å². The molecule has 2 heterocycles. The van der Waals surface area contributed by atoms with Crippen LogP contribution in [0.2, 0.25) is 0 Å². The van der Waals surface area contributed by atoms with Crippen LogP contribution in [0.15, 0.2) is 218 Å². The summed E-state index contributed by atoms with van der Waals surface area (Å²) in [5.41, 5.74) is 13.9. The van der Waals surface area contributed by atoms with Crippen LogP contribution in [0.3, 0.4) is 0 Å². The Hall–Kier alpha value is -7.20. The van der Waals surface area contributed by atoms with E-state index < -0.39 is 0 Å². The molecule has 0 aliphatic rings. The van der Waals surface area contributed by atoms with Gasteiger partial charge in [0, 0.05) is 47.8 Å². The van der Waals surface area contributed by atoms with Crippen molar-refractivity contribution in [2.24, 2.45) is 0 Å². The summed E-state index contributed by atoms with van der Waals surface area (Å²) in [6.07, 6.45) is 0. The molecule has 2 nitrogen and oxygen atoms in total. The third-order valence-electron chi connectivity index (χ3n) is 11.2. The summed E-state index contributed by atoms with van der Waals surface area (Å²) >= 11 is 1.86. The Morgan fingerprint density at radius 3 is 1.75 bits per heavy atom. The molecule has 2 aromatic heterocycles. The molecule has 268 valence electrons. The lowest BCUT2D eigenvalue weighted by Crippen LogP contribution is -2.13. The minimum absolute atomic E-state index is 1.11. The minimum Gasteiger partial charge on any atom is -0.309 e. The second-order valence-corrected chi connectivity index (χ2v) is 15.6. The smallest absolute Gasteiger partial charge is 0.0562 e. The van der Waals surface area contributed by atoms with E-state index in [1.54, 1.807) is 0 Å². The summed E-state index contributed by atoms with van der Waals surface area (Å²) in [4.78, 5) is 2.53. The Morgan fingerprint density at radius 2 is 0.930 bits per heavy atom. The molecule has 9 aromatic carbocycles. The van der Waals surface area contributed by atoms with Gasteiger partial charge in [0.05, 0.1) is 28.1 Å². The summed E-state index contributed by atoms with van der Waals surface area (Å²) in [5.74, 6) is 0. The van der Waals surface area contributed by atoms with E-state index in [0.717, 1.165) is 39.4 Å². The number of anilines is 3. The average Bonchev–Trinajstić information content (AvgIpc) is 3.83. The third kappa shape index (κ3) is 5.63. The molecule has 0 bridgehead atoms. The lowest BCUT2D eigenvalue weighted by Gasteiger charge is -2.31. The fraction of sp³-hybridized carbons (Fsp3) is 0. The summed E-state index contributed by atoms with van der Waals surface area (Å²) in [6.45, 7) is 0. The molecule has 0 saturated carbocycles. The summed E-state index contributed by atoms with van der Waals surface area (Å²) < 4.78 is 5.02. The first kappa shape index (κ1) is 33.2. The minimum atomic E-state index is 1.11. The van der Waals surface area contributed by atoms with Gasteiger partial charge in [0.1, 0.15) is 0 Å². The highest BCUT2D eigenvalue weighted by molar-refractivity contribution is 7.25. The molecule has 0 aliphatic carbocycles. The highest BCUT2D eigenvalue weighted by Gasteiger charge is 2.25. The molecule has 0 radical (unpaired) electrons. The van der Waals surface area contributed by atoms with Crippen molar-refractivity contribution in [2.45, 2.75) is 0 Å². The number of hydrogen-bond acceptors (Lipinski definition) is 2. The maximum atomic E-state index is 2.53.